The quantitative estimate of drug-likeness (QED) is 0.236. The first-order chi connectivity index (χ1) is 17.2. The molecule has 188 valence electrons. The highest BCUT2D eigenvalue weighted by Crippen LogP contribution is 2.33. The second kappa shape index (κ2) is 10.4. The van der Waals surface area contributed by atoms with Crippen molar-refractivity contribution in [2.75, 3.05) is 22.5 Å². The van der Waals surface area contributed by atoms with Crippen LogP contribution in [0.3, 0.4) is 0 Å². The van der Waals surface area contributed by atoms with Gasteiger partial charge in [-0.25, -0.2) is 13.8 Å². The van der Waals surface area contributed by atoms with Crippen molar-refractivity contribution in [1.82, 2.24) is 14.8 Å². The van der Waals surface area contributed by atoms with Crippen molar-refractivity contribution in [2.24, 2.45) is 7.05 Å². The molecule has 2 heterocycles. The van der Waals surface area contributed by atoms with Crippen LogP contribution in [0.2, 0.25) is 0 Å². The van der Waals surface area contributed by atoms with E-state index in [0.717, 1.165) is 42.8 Å². The first-order valence-corrected chi connectivity index (χ1v) is 12.1. The van der Waals surface area contributed by atoms with Gasteiger partial charge in [0.1, 0.15) is 5.82 Å². The highest BCUT2D eigenvalue weighted by Gasteiger charge is 2.25. The Morgan fingerprint density at radius 3 is 2.69 bits per heavy atom. The maximum atomic E-state index is 13.9. The number of nitrogens with zero attached hydrogens (tertiary/aromatic N) is 4. The number of aromatic nitrogens is 3. The smallest absolute Gasteiger partial charge is 0.270 e. The van der Waals surface area contributed by atoms with Gasteiger partial charge in [-0.3, -0.25) is 4.68 Å². The molecule has 0 atom stereocenters. The van der Waals surface area contributed by atoms with Crippen LogP contribution in [0.5, 0.6) is 0 Å². The van der Waals surface area contributed by atoms with E-state index in [9.17, 15) is 8.78 Å². The molecule has 0 unspecified atom stereocenters. The Kier molecular flexibility index (Phi) is 7.24. The fraction of sp³-hybridized carbons (Fsp3) is 0.286. The number of unbranched alkanes of at least 4 members (excludes halogenated alkanes) is 2. The first kappa shape index (κ1) is 25.2. The predicted molar refractivity (Wildman–Crippen MR) is 144 cm³/mol. The van der Waals surface area contributed by atoms with E-state index in [-0.39, 0.29) is 5.56 Å². The Hall–Kier alpha value is -3.94. The van der Waals surface area contributed by atoms with Crippen LogP contribution in [-0.2, 0) is 13.0 Å². The van der Waals surface area contributed by atoms with E-state index in [1.54, 1.807) is 24.3 Å². The second-order valence-corrected chi connectivity index (χ2v) is 9.05. The molecule has 3 N–H and O–H groups in total. The van der Waals surface area contributed by atoms with Crippen molar-refractivity contribution in [3.63, 3.8) is 0 Å². The Morgan fingerprint density at radius 1 is 1.14 bits per heavy atom. The van der Waals surface area contributed by atoms with Gasteiger partial charge >= 0.3 is 0 Å². The maximum Gasteiger partial charge on any atom is 0.270 e. The van der Waals surface area contributed by atoms with Gasteiger partial charge in [0.15, 0.2) is 5.82 Å². The summed E-state index contributed by atoms with van der Waals surface area (Å²) in [5.41, 5.74) is 9.87. The standard InChI is InChI=1S/C28H32F2N6/c1-5-6-7-15-36(19(2)33-23-11-14-26-21(17-23)18-32-35(26)4)27-24(31)12-13-25(34-27)20-9-8-10-22(16-20)28(3,29)30/h8-14,16-18,33H,2,5-7,15,31H2,1,3-4H3. The Labute approximate surface area is 210 Å². The number of nitrogens with two attached hydrogens (primary N) is 1. The molecule has 4 aromatic rings. The van der Waals surface area contributed by atoms with Crippen LogP contribution in [0.15, 0.2) is 73.2 Å². The average Bonchev–Trinajstić information content (AvgIpc) is 3.22. The van der Waals surface area contributed by atoms with Crippen molar-refractivity contribution in [3.8, 4) is 11.3 Å². The molecule has 0 amide bonds. The van der Waals surface area contributed by atoms with E-state index in [1.165, 1.54) is 12.1 Å². The van der Waals surface area contributed by atoms with Crippen LogP contribution < -0.4 is 16.0 Å². The molecule has 8 heteroatoms. The minimum Gasteiger partial charge on any atom is -0.396 e. The minimum atomic E-state index is -2.94. The largest absolute Gasteiger partial charge is 0.396 e. The van der Waals surface area contributed by atoms with Crippen LogP contribution in [0.1, 0.15) is 38.7 Å². The van der Waals surface area contributed by atoms with Gasteiger partial charge < -0.3 is 16.0 Å². The van der Waals surface area contributed by atoms with Gasteiger partial charge in [0.2, 0.25) is 0 Å². The van der Waals surface area contributed by atoms with Gasteiger partial charge in [-0.05, 0) is 42.8 Å². The summed E-state index contributed by atoms with van der Waals surface area (Å²) in [7, 11) is 1.91. The first-order valence-electron chi connectivity index (χ1n) is 12.1. The normalized spacial score (nSPS) is 11.6. The monoisotopic (exact) mass is 490 g/mol. The number of rotatable bonds is 10. The lowest BCUT2D eigenvalue weighted by molar-refractivity contribution is 0.0175. The molecule has 4 rings (SSSR count). The van der Waals surface area contributed by atoms with E-state index in [1.807, 2.05) is 41.0 Å². The van der Waals surface area contributed by atoms with Crippen molar-refractivity contribution < 1.29 is 8.78 Å². The summed E-state index contributed by atoms with van der Waals surface area (Å²) in [5, 5.41) is 8.70. The molecule has 0 fully saturated rings. The van der Waals surface area contributed by atoms with Crippen LogP contribution in [0.4, 0.5) is 26.0 Å². The highest BCUT2D eigenvalue weighted by molar-refractivity contribution is 5.83. The highest BCUT2D eigenvalue weighted by atomic mass is 19.3. The number of benzene rings is 2. The van der Waals surface area contributed by atoms with E-state index >= 15 is 0 Å². The number of hydrogen-bond donors (Lipinski definition) is 2. The van der Waals surface area contributed by atoms with Crippen LogP contribution >= 0.6 is 0 Å². The van der Waals surface area contributed by atoms with Gasteiger partial charge in [0, 0.05) is 42.7 Å². The number of nitrogens with one attached hydrogen (secondary N) is 1. The third-order valence-corrected chi connectivity index (χ3v) is 6.17. The molecule has 0 radical (unpaired) electrons. The van der Waals surface area contributed by atoms with E-state index in [0.29, 0.717) is 35.1 Å². The average molecular weight is 491 g/mol. The minimum absolute atomic E-state index is 0.0585. The summed E-state index contributed by atoms with van der Waals surface area (Å²) in [6.07, 6.45) is 4.84. The number of fused-ring (bicyclic) bond motifs is 1. The Bertz CT molecular complexity index is 1370. The number of alkyl halides is 2. The Morgan fingerprint density at radius 2 is 1.94 bits per heavy atom. The lowest BCUT2D eigenvalue weighted by Gasteiger charge is -2.28. The molecule has 0 saturated carbocycles. The van der Waals surface area contributed by atoms with Gasteiger partial charge in [-0.1, -0.05) is 44.5 Å². The molecule has 0 saturated heterocycles. The molecular weight excluding hydrogens is 458 g/mol. The zero-order chi connectivity index (χ0) is 25.9. The predicted octanol–water partition coefficient (Wildman–Crippen LogP) is 6.91. The van der Waals surface area contributed by atoms with Crippen molar-refractivity contribution in [3.05, 3.63) is 78.8 Å². The fourth-order valence-electron chi connectivity index (χ4n) is 4.15. The summed E-state index contributed by atoms with van der Waals surface area (Å²) in [5.74, 6) is -1.77. The van der Waals surface area contributed by atoms with E-state index < -0.39 is 5.92 Å². The fourth-order valence-corrected chi connectivity index (χ4v) is 4.15. The third kappa shape index (κ3) is 5.48. The van der Waals surface area contributed by atoms with Gasteiger partial charge in [0.25, 0.3) is 5.92 Å². The second-order valence-electron chi connectivity index (χ2n) is 9.05. The molecule has 6 nitrogen and oxygen atoms in total. The zero-order valence-corrected chi connectivity index (χ0v) is 20.9. The number of aryl methyl sites for hydroxylation is 1. The van der Waals surface area contributed by atoms with Crippen molar-refractivity contribution in [2.45, 2.75) is 39.0 Å². The molecule has 0 spiro atoms. The van der Waals surface area contributed by atoms with Gasteiger partial charge in [-0.15, -0.1) is 0 Å². The summed E-state index contributed by atoms with van der Waals surface area (Å²) in [6, 6.07) is 15.8. The molecular formula is C28H32F2N6. The molecule has 0 aliphatic heterocycles. The summed E-state index contributed by atoms with van der Waals surface area (Å²) in [4.78, 5) is 6.76. The zero-order valence-electron chi connectivity index (χ0n) is 20.9. The lowest BCUT2D eigenvalue weighted by atomic mass is 10.0. The van der Waals surface area contributed by atoms with Gasteiger partial charge in [0.05, 0.1) is 23.1 Å². The number of halogens is 2. The number of hydrogen-bond acceptors (Lipinski definition) is 5. The molecule has 2 aromatic carbocycles. The summed E-state index contributed by atoms with van der Waals surface area (Å²) in [6.45, 7) is 7.97. The summed E-state index contributed by atoms with van der Waals surface area (Å²) >= 11 is 0. The SMILES string of the molecule is C=C(Nc1ccc2c(cnn2C)c1)N(CCCCC)c1nc(-c2cccc(C(C)(F)F)c2)ccc1N. The molecule has 0 aliphatic carbocycles. The van der Waals surface area contributed by atoms with Crippen molar-refractivity contribution in [1.29, 1.82) is 0 Å². The molecule has 0 bridgehead atoms. The molecule has 2 aromatic heterocycles. The molecule has 36 heavy (non-hydrogen) atoms. The maximum absolute atomic E-state index is 13.9. The van der Waals surface area contributed by atoms with E-state index in [4.69, 9.17) is 10.7 Å². The topological polar surface area (TPSA) is 72.0 Å². The van der Waals surface area contributed by atoms with E-state index in [2.05, 4.69) is 23.9 Å². The lowest BCUT2D eigenvalue weighted by Crippen LogP contribution is -2.29. The van der Waals surface area contributed by atoms with Gasteiger partial charge in [-0.2, -0.15) is 5.10 Å². The van der Waals surface area contributed by atoms with Crippen LogP contribution in [0, 0.1) is 0 Å². The summed E-state index contributed by atoms with van der Waals surface area (Å²) < 4.78 is 29.7. The number of anilines is 3. The Balaban J connectivity index is 1.67. The van der Waals surface area contributed by atoms with Crippen LogP contribution in [0.25, 0.3) is 22.2 Å². The number of nitrogen functional groups attached to an aromatic ring is 1. The molecule has 0 aliphatic rings. The number of pyridine rings is 1. The third-order valence-electron chi connectivity index (χ3n) is 6.17. The van der Waals surface area contributed by atoms with Crippen molar-refractivity contribution >= 4 is 28.1 Å². The van der Waals surface area contributed by atoms with Crippen LogP contribution in [-0.4, -0.2) is 21.3 Å².